The number of halogens is 1. The SMILES string of the molecule is O=C1Nc2cc(C(=O)N3CCCC3)ccc2OC1=Cc1ccc(Cl)cc1. The molecule has 0 spiro atoms. The van der Waals surface area contributed by atoms with Gasteiger partial charge in [-0.05, 0) is 54.8 Å². The number of amides is 2. The molecule has 2 aromatic rings. The van der Waals surface area contributed by atoms with Gasteiger partial charge in [0.2, 0.25) is 0 Å². The zero-order valence-electron chi connectivity index (χ0n) is 14.0. The van der Waals surface area contributed by atoms with Gasteiger partial charge in [-0.1, -0.05) is 23.7 Å². The molecule has 0 aromatic heterocycles. The fraction of sp³-hybridized carbons (Fsp3) is 0.200. The van der Waals surface area contributed by atoms with Crippen molar-refractivity contribution in [1.29, 1.82) is 0 Å². The van der Waals surface area contributed by atoms with Crippen LogP contribution in [-0.4, -0.2) is 29.8 Å². The predicted molar refractivity (Wildman–Crippen MR) is 100 cm³/mol. The fourth-order valence-corrected chi connectivity index (χ4v) is 3.23. The Morgan fingerprint density at radius 1 is 1.12 bits per heavy atom. The molecule has 26 heavy (non-hydrogen) atoms. The van der Waals surface area contributed by atoms with Crippen molar-refractivity contribution in [2.45, 2.75) is 12.8 Å². The molecular formula is C20H17ClN2O3. The number of hydrogen-bond donors (Lipinski definition) is 1. The van der Waals surface area contributed by atoms with E-state index in [-0.39, 0.29) is 17.6 Å². The number of nitrogens with one attached hydrogen (secondary N) is 1. The van der Waals surface area contributed by atoms with Gasteiger partial charge in [0, 0.05) is 23.7 Å². The molecule has 1 N–H and O–H groups in total. The van der Waals surface area contributed by atoms with Crippen molar-refractivity contribution in [2.75, 3.05) is 18.4 Å². The van der Waals surface area contributed by atoms with Crippen LogP contribution in [0.4, 0.5) is 5.69 Å². The quantitative estimate of drug-likeness (QED) is 0.816. The summed E-state index contributed by atoms with van der Waals surface area (Å²) in [6.45, 7) is 1.57. The first-order valence-electron chi connectivity index (χ1n) is 8.50. The highest BCUT2D eigenvalue weighted by molar-refractivity contribution is 6.30. The summed E-state index contributed by atoms with van der Waals surface area (Å²) in [5, 5.41) is 3.43. The molecule has 0 saturated carbocycles. The van der Waals surface area contributed by atoms with Gasteiger partial charge < -0.3 is 15.0 Å². The van der Waals surface area contributed by atoms with E-state index < -0.39 is 0 Å². The summed E-state index contributed by atoms with van der Waals surface area (Å²) in [5.74, 6) is 0.349. The molecule has 6 heteroatoms. The first-order valence-corrected chi connectivity index (χ1v) is 8.88. The third-order valence-corrected chi connectivity index (χ3v) is 4.73. The molecule has 0 unspecified atom stereocenters. The van der Waals surface area contributed by atoms with Crippen LogP contribution in [0.1, 0.15) is 28.8 Å². The molecule has 0 atom stereocenters. The Morgan fingerprint density at radius 3 is 2.58 bits per heavy atom. The summed E-state index contributed by atoms with van der Waals surface area (Å²) in [5.41, 5.74) is 1.87. The van der Waals surface area contributed by atoms with Crippen LogP contribution in [0.3, 0.4) is 0 Å². The van der Waals surface area contributed by atoms with Crippen LogP contribution < -0.4 is 10.1 Å². The lowest BCUT2D eigenvalue weighted by Gasteiger charge is -2.21. The van der Waals surface area contributed by atoms with Crippen LogP contribution in [0.2, 0.25) is 5.02 Å². The molecule has 132 valence electrons. The topological polar surface area (TPSA) is 58.6 Å². The molecule has 5 nitrogen and oxygen atoms in total. The van der Waals surface area contributed by atoms with Crippen LogP contribution in [0, 0.1) is 0 Å². The Morgan fingerprint density at radius 2 is 1.85 bits per heavy atom. The van der Waals surface area contributed by atoms with Gasteiger partial charge in [-0.15, -0.1) is 0 Å². The van der Waals surface area contributed by atoms with Crippen molar-refractivity contribution in [3.05, 3.63) is 64.4 Å². The minimum Gasteiger partial charge on any atom is -0.449 e. The Kier molecular flexibility index (Phi) is 4.39. The summed E-state index contributed by atoms with van der Waals surface area (Å²) in [6.07, 6.45) is 3.72. The highest BCUT2D eigenvalue weighted by Gasteiger charge is 2.25. The molecule has 2 amide bonds. The van der Waals surface area contributed by atoms with E-state index in [0.29, 0.717) is 22.0 Å². The molecule has 2 aliphatic heterocycles. The third kappa shape index (κ3) is 3.30. The van der Waals surface area contributed by atoms with E-state index in [0.717, 1.165) is 31.5 Å². The zero-order valence-corrected chi connectivity index (χ0v) is 14.8. The highest BCUT2D eigenvalue weighted by Crippen LogP contribution is 2.33. The maximum Gasteiger partial charge on any atom is 0.291 e. The van der Waals surface area contributed by atoms with Crippen LogP contribution in [0.5, 0.6) is 5.75 Å². The van der Waals surface area contributed by atoms with Gasteiger partial charge in [0.05, 0.1) is 5.69 Å². The first kappa shape index (κ1) is 16.7. The van der Waals surface area contributed by atoms with Crippen molar-refractivity contribution in [1.82, 2.24) is 4.90 Å². The summed E-state index contributed by atoms with van der Waals surface area (Å²) in [7, 11) is 0. The normalized spacial score (nSPS) is 17.7. The Bertz CT molecular complexity index is 900. The van der Waals surface area contributed by atoms with Crippen LogP contribution in [-0.2, 0) is 4.79 Å². The van der Waals surface area contributed by atoms with E-state index in [1.54, 1.807) is 48.5 Å². The van der Waals surface area contributed by atoms with E-state index >= 15 is 0 Å². The van der Waals surface area contributed by atoms with Gasteiger partial charge in [-0.2, -0.15) is 0 Å². The molecule has 0 aliphatic carbocycles. The van der Waals surface area contributed by atoms with E-state index in [9.17, 15) is 9.59 Å². The zero-order chi connectivity index (χ0) is 18.1. The standard InChI is InChI=1S/C20H17ClN2O3/c21-15-6-3-13(4-7-15)11-18-19(24)22-16-12-14(5-8-17(16)26-18)20(25)23-9-1-2-10-23/h3-8,11-12H,1-2,9-10H2,(H,22,24). The Hall–Kier alpha value is -2.79. The van der Waals surface area contributed by atoms with E-state index in [2.05, 4.69) is 5.32 Å². The molecule has 0 radical (unpaired) electrons. The van der Waals surface area contributed by atoms with Crippen LogP contribution in [0.25, 0.3) is 6.08 Å². The predicted octanol–water partition coefficient (Wildman–Crippen LogP) is 3.95. The summed E-state index contributed by atoms with van der Waals surface area (Å²) in [6, 6.07) is 12.2. The lowest BCUT2D eigenvalue weighted by Crippen LogP contribution is -2.28. The second kappa shape index (κ2) is 6.84. The lowest BCUT2D eigenvalue weighted by atomic mass is 10.1. The number of anilines is 1. The monoisotopic (exact) mass is 368 g/mol. The Labute approximate surface area is 156 Å². The number of carbonyl (C=O) groups excluding carboxylic acids is 2. The number of hydrogen-bond acceptors (Lipinski definition) is 3. The van der Waals surface area contributed by atoms with Crippen molar-refractivity contribution in [2.24, 2.45) is 0 Å². The van der Waals surface area contributed by atoms with Crippen molar-refractivity contribution < 1.29 is 14.3 Å². The number of nitrogens with zero attached hydrogens (tertiary/aromatic N) is 1. The molecular weight excluding hydrogens is 352 g/mol. The van der Waals surface area contributed by atoms with Gasteiger partial charge in [-0.3, -0.25) is 9.59 Å². The third-order valence-electron chi connectivity index (χ3n) is 4.48. The Balaban J connectivity index is 1.58. The molecule has 1 fully saturated rings. The second-order valence-corrected chi connectivity index (χ2v) is 6.76. The molecule has 2 aliphatic rings. The van der Waals surface area contributed by atoms with Gasteiger partial charge >= 0.3 is 0 Å². The molecule has 1 saturated heterocycles. The number of carbonyl (C=O) groups is 2. The maximum atomic E-state index is 12.5. The maximum absolute atomic E-state index is 12.5. The number of fused-ring (bicyclic) bond motifs is 1. The van der Waals surface area contributed by atoms with E-state index in [1.807, 2.05) is 4.90 Å². The molecule has 4 rings (SSSR count). The second-order valence-electron chi connectivity index (χ2n) is 6.33. The van der Waals surface area contributed by atoms with E-state index in [4.69, 9.17) is 16.3 Å². The average Bonchev–Trinajstić information content (AvgIpc) is 3.18. The van der Waals surface area contributed by atoms with Gasteiger partial charge in [0.1, 0.15) is 0 Å². The first-order chi connectivity index (χ1) is 12.6. The summed E-state index contributed by atoms with van der Waals surface area (Å²) >= 11 is 5.88. The lowest BCUT2D eigenvalue weighted by molar-refractivity contribution is -0.115. The molecule has 2 heterocycles. The van der Waals surface area contributed by atoms with Gasteiger partial charge in [0.25, 0.3) is 11.8 Å². The van der Waals surface area contributed by atoms with Crippen LogP contribution >= 0.6 is 11.6 Å². The highest BCUT2D eigenvalue weighted by atomic mass is 35.5. The summed E-state index contributed by atoms with van der Waals surface area (Å²) in [4.78, 5) is 26.7. The molecule has 0 bridgehead atoms. The van der Waals surface area contributed by atoms with Gasteiger partial charge in [-0.25, -0.2) is 0 Å². The smallest absolute Gasteiger partial charge is 0.291 e. The van der Waals surface area contributed by atoms with Crippen molar-refractivity contribution >= 4 is 35.2 Å². The number of benzene rings is 2. The van der Waals surface area contributed by atoms with Crippen LogP contribution in [0.15, 0.2) is 48.2 Å². The minimum atomic E-state index is -0.349. The summed E-state index contributed by atoms with van der Waals surface area (Å²) < 4.78 is 5.73. The average molecular weight is 369 g/mol. The number of rotatable bonds is 2. The molecule has 2 aromatic carbocycles. The van der Waals surface area contributed by atoms with Crippen molar-refractivity contribution in [3.63, 3.8) is 0 Å². The van der Waals surface area contributed by atoms with Crippen molar-refractivity contribution in [3.8, 4) is 5.75 Å². The van der Waals surface area contributed by atoms with Gasteiger partial charge in [0.15, 0.2) is 11.5 Å². The number of ether oxygens (including phenoxy) is 1. The van der Waals surface area contributed by atoms with E-state index in [1.165, 1.54) is 0 Å². The fourth-order valence-electron chi connectivity index (χ4n) is 3.11. The number of likely N-dealkylation sites (tertiary alicyclic amines) is 1. The largest absolute Gasteiger partial charge is 0.449 e. The minimum absolute atomic E-state index is 0.0120.